The van der Waals surface area contributed by atoms with Crippen LogP contribution < -0.4 is 5.48 Å². The largest absolute Gasteiger partial charge is 0.354 e. The molecule has 1 amide bonds. The van der Waals surface area contributed by atoms with Gasteiger partial charge < -0.3 is 4.98 Å². The van der Waals surface area contributed by atoms with Gasteiger partial charge in [0.2, 0.25) is 0 Å². The molecule has 1 heterocycles. The lowest BCUT2D eigenvalue weighted by Crippen LogP contribution is -2.23. The van der Waals surface area contributed by atoms with E-state index in [-0.39, 0.29) is 11.7 Å². The number of hydrogen-bond donors (Lipinski definition) is 2. The number of H-pyrrole nitrogens is 1. The van der Waals surface area contributed by atoms with Crippen molar-refractivity contribution in [3.05, 3.63) is 22.5 Å². The Hall–Kier alpha value is -1.62. The van der Waals surface area contributed by atoms with E-state index in [4.69, 9.17) is 0 Å². The first kappa shape index (κ1) is 13.4. The molecule has 0 fully saturated rings. The van der Waals surface area contributed by atoms with Gasteiger partial charge >= 0.3 is 0 Å². The monoisotopic (exact) mass is 238 g/mol. The highest BCUT2D eigenvalue weighted by atomic mass is 16.6. The molecule has 0 bridgehead atoms. The summed E-state index contributed by atoms with van der Waals surface area (Å²) in [4.78, 5) is 30.9. The number of carbonyl (C=O) groups is 2. The molecule has 5 nitrogen and oxygen atoms in total. The average Bonchev–Trinajstić information content (AvgIpc) is 2.56. The van der Waals surface area contributed by atoms with Crippen molar-refractivity contribution in [3.63, 3.8) is 0 Å². The first-order valence-electron chi connectivity index (χ1n) is 5.58. The second-order valence-corrected chi connectivity index (χ2v) is 3.92. The van der Waals surface area contributed by atoms with E-state index in [1.54, 1.807) is 6.92 Å². The Morgan fingerprint density at radius 3 is 2.53 bits per heavy atom. The van der Waals surface area contributed by atoms with Crippen molar-refractivity contribution in [3.8, 4) is 0 Å². The van der Waals surface area contributed by atoms with Gasteiger partial charge in [-0.15, -0.1) is 0 Å². The summed E-state index contributed by atoms with van der Waals surface area (Å²) < 4.78 is 0. The van der Waals surface area contributed by atoms with E-state index >= 15 is 0 Å². The number of rotatable bonds is 5. The molecule has 0 aliphatic carbocycles. The Bertz CT molecular complexity index is 435. The highest BCUT2D eigenvalue weighted by Gasteiger charge is 2.21. The number of aromatic nitrogens is 1. The molecule has 0 spiro atoms. The molecule has 0 radical (unpaired) electrons. The molecule has 1 rings (SSSR count). The maximum atomic E-state index is 11.7. The van der Waals surface area contributed by atoms with Gasteiger partial charge in [0.05, 0.1) is 7.11 Å². The fourth-order valence-corrected chi connectivity index (χ4v) is 1.99. The van der Waals surface area contributed by atoms with E-state index in [9.17, 15) is 9.59 Å². The third-order valence-electron chi connectivity index (χ3n) is 2.56. The molecular formula is C12H18N2O3. The lowest BCUT2D eigenvalue weighted by Gasteiger charge is -2.04. The van der Waals surface area contributed by atoms with Crippen molar-refractivity contribution >= 4 is 11.7 Å². The number of Topliss-reactive ketones (excluding diaryl/α,β-unsaturated/α-hetero) is 1. The normalized spacial score (nSPS) is 10.4. The van der Waals surface area contributed by atoms with Crippen LogP contribution in [-0.4, -0.2) is 23.8 Å². The zero-order valence-corrected chi connectivity index (χ0v) is 10.6. The molecule has 0 aromatic carbocycles. The Morgan fingerprint density at radius 1 is 1.41 bits per heavy atom. The van der Waals surface area contributed by atoms with Gasteiger partial charge in [0.15, 0.2) is 5.78 Å². The number of carbonyl (C=O) groups excluding carboxylic acids is 2. The Balaban J connectivity index is 3.25. The van der Waals surface area contributed by atoms with E-state index in [0.717, 1.165) is 17.7 Å². The third-order valence-corrected chi connectivity index (χ3v) is 2.56. The second-order valence-electron chi connectivity index (χ2n) is 3.92. The molecule has 2 N–H and O–H groups in total. The standard InChI is InChI=1S/C12H18N2O3/c1-5-6-9-10(8(3)15)7(2)13-11(9)12(16)14-17-4/h13H,5-6H2,1-4H3,(H,14,16). The van der Waals surface area contributed by atoms with Crippen molar-refractivity contribution in [2.75, 3.05) is 7.11 Å². The summed E-state index contributed by atoms with van der Waals surface area (Å²) in [6, 6.07) is 0. The van der Waals surface area contributed by atoms with Crippen LogP contribution in [0, 0.1) is 6.92 Å². The zero-order valence-electron chi connectivity index (χ0n) is 10.6. The third kappa shape index (κ3) is 2.74. The molecule has 0 saturated heterocycles. The van der Waals surface area contributed by atoms with E-state index in [2.05, 4.69) is 15.3 Å². The van der Waals surface area contributed by atoms with Crippen molar-refractivity contribution in [2.24, 2.45) is 0 Å². The molecule has 94 valence electrons. The molecule has 0 aliphatic heterocycles. The molecule has 0 saturated carbocycles. The Kier molecular flexibility index (Phi) is 4.45. The lowest BCUT2D eigenvalue weighted by atomic mass is 10.0. The van der Waals surface area contributed by atoms with Crippen LogP contribution in [0.2, 0.25) is 0 Å². The summed E-state index contributed by atoms with van der Waals surface area (Å²) in [5, 5.41) is 0. The fraction of sp³-hybridized carbons (Fsp3) is 0.500. The first-order valence-corrected chi connectivity index (χ1v) is 5.58. The first-order chi connectivity index (χ1) is 8.02. The van der Waals surface area contributed by atoms with Crippen LogP contribution in [0.1, 0.15) is 52.4 Å². The topological polar surface area (TPSA) is 71.2 Å². The predicted octanol–water partition coefficient (Wildman–Crippen LogP) is 1.77. The molecule has 5 heteroatoms. The summed E-state index contributed by atoms with van der Waals surface area (Å²) in [6.45, 7) is 5.30. The molecule has 17 heavy (non-hydrogen) atoms. The Morgan fingerprint density at radius 2 is 2.06 bits per heavy atom. The predicted molar refractivity (Wildman–Crippen MR) is 64.0 cm³/mol. The van der Waals surface area contributed by atoms with Gasteiger partial charge in [0.1, 0.15) is 5.69 Å². The van der Waals surface area contributed by atoms with E-state index in [1.165, 1.54) is 14.0 Å². The molecule has 0 atom stereocenters. The summed E-state index contributed by atoms with van der Waals surface area (Å²) >= 11 is 0. The maximum Gasteiger partial charge on any atom is 0.291 e. The van der Waals surface area contributed by atoms with Crippen LogP contribution in [0.15, 0.2) is 0 Å². The van der Waals surface area contributed by atoms with Crippen molar-refractivity contribution in [1.82, 2.24) is 10.5 Å². The van der Waals surface area contributed by atoms with Gasteiger partial charge in [-0.3, -0.25) is 14.4 Å². The van der Waals surface area contributed by atoms with E-state index in [1.807, 2.05) is 6.92 Å². The lowest BCUT2D eigenvalue weighted by molar-refractivity contribution is 0.0532. The smallest absolute Gasteiger partial charge is 0.291 e. The molecule has 1 aromatic rings. The number of amides is 1. The van der Waals surface area contributed by atoms with Gasteiger partial charge in [-0.1, -0.05) is 13.3 Å². The molecule has 1 aromatic heterocycles. The molecular weight excluding hydrogens is 220 g/mol. The summed E-state index contributed by atoms with van der Waals surface area (Å²) in [7, 11) is 1.37. The van der Waals surface area contributed by atoms with Crippen LogP contribution in [0.5, 0.6) is 0 Å². The number of nitrogens with one attached hydrogen (secondary N) is 2. The van der Waals surface area contributed by atoms with Crippen LogP contribution in [0.25, 0.3) is 0 Å². The minimum Gasteiger partial charge on any atom is -0.354 e. The zero-order chi connectivity index (χ0) is 13.0. The number of hydroxylamine groups is 1. The van der Waals surface area contributed by atoms with E-state index < -0.39 is 0 Å². The van der Waals surface area contributed by atoms with Crippen molar-refractivity contribution in [2.45, 2.75) is 33.6 Å². The average molecular weight is 238 g/mol. The van der Waals surface area contributed by atoms with Crippen LogP contribution >= 0.6 is 0 Å². The van der Waals surface area contributed by atoms with Gasteiger partial charge in [-0.25, -0.2) is 5.48 Å². The molecule has 0 aliphatic rings. The minimum absolute atomic E-state index is 0.0290. The van der Waals surface area contributed by atoms with Crippen molar-refractivity contribution in [1.29, 1.82) is 0 Å². The van der Waals surface area contributed by atoms with Gasteiger partial charge in [-0.2, -0.15) is 0 Å². The Labute approximate surface area is 101 Å². The number of hydrogen-bond acceptors (Lipinski definition) is 3. The van der Waals surface area contributed by atoms with Gasteiger partial charge in [-0.05, 0) is 25.8 Å². The summed E-state index contributed by atoms with van der Waals surface area (Å²) in [5.74, 6) is -0.384. The van der Waals surface area contributed by atoms with E-state index in [0.29, 0.717) is 17.7 Å². The quantitative estimate of drug-likeness (QED) is 0.606. The maximum absolute atomic E-state index is 11.7. The SMILES string of the molecule is CCCc1c(C(=O)NOC)[nH]c(C)c1C(C)=O. The van der Waals surface area contributed by atoms with Gasteiger partial charge in [0.25, 0.3) is 5.91 Å². The summed E-state index contributed by atoms with van der Waals surface area (Å²) in [6.07, 6.45) is 1.55. The van der Waals surface area contributed by atoms with Crippen molar-refractivity contribution < 1.29 is 14.4 Å². The summed E-state index contributed by atoms with van der Waals surface area (Å²) in [5.41, 5.74) is 4.79. The minimum atomic E-state index is -0.355. The highest BCUT2D eigenvalue weighted by molar-refractivity contribution is 6.02. The van der Waals surface area contributed by atoms with Crippen LogP contribution in [0.4, 0.5) is 0 Å². The molecule has 0 unspecified atom stereocenters. The fourth-order valence-electron chi connectivity index (χ4n) is 1.99. The van der Waals surface area contributed by atoms with Gasteiger partial charge in [0, 0.05) is 11.3 Å². The van der Waals surface area contributed by atoms with Crippen LogP contribution in [-0.2, 0) is 11.3 Å². The van der Waals surface area contributed by atoms with Crippen LogP contribution in [0.3, 0.4) is 0 Å². The second kappa shape index (κ2) is 5.63. The number of ketones is 1. The number of aryl methyl sites for hydroxylation is 1. The highest BCUT2D eigenvalue weighted by Crippen LogP contribution is 2.21. The number of aromatic amines is 1.